The number of hydrogen-bond donors (Lipinski definition) is 2. The summed E-state index contributed by atoms with van der Waals surface area (Å²) in [5.41, 5.74) is 0.414. The van der Waals surface area contributed by atoms with Crippen LogP contribution in [-0.2, 0) is 16.0 Å². The van der Waals surface area contributed by atoms with Crippen LogP contribution in [0.5, 0.6) is 0 Å². The molecule has 0 spiro atoms. The molecular weight excluding hydrogens is 242 g/mol. The van der Waals surface area contributed by atoms with Crippen LogP contribution in [-0.4, -0.2) is 23.5 Å². The first-order chi connectivity index (χ1) is 9.12. The number of nitrogens with one attached hydrogen (secondary N) is 1. The first-order valence-corrected chi connectivity index (χ1v) is 6.66. The van der Waals surface area contributed by atoms with E-state index in [1.54, 1.807) is 0 Å². The molecule has 1 fully saturated rings. The number of carboxylic acids is 1. The highest BCUT2D eigenvalue weighted by molar-refractivity contribution is 5.79. The summed E-state index contributed by atoms with van der Waals surface area (Å²) in [5.74, 6) is -0.863. The number of hydrogen-bond acceptors (Lipinski definition) is 2. The summed E-state index contributed by atoms with van der Waals surface area (Å²) in [7, 11) is 0. The molecule has 0 saturated heterocycles. The Hall–Kier alpha value is -1.84. The Morgan fingerprint density at radius 3 is 2.42 bits per heavy atom. The molecule has 2 rings (SSSR count). The zero-order valence-corrected chi connectivity index (χ0v) is 10.9. The molecule has 1 aromatic carbocycles. The van der Waals surface area contributed by atoms with E-state index in [0.29, 0.717) is 25.7 Å². The highest BCUT2D eigenvalue weighted by atomic mass is 16.4. The first kappa shape index (κ1) is 13.6. The predicted molar refractivity (Wildman–Crippen MR) is 71.7 cm³/mol. The fourth-order valence-electron chi connectivity index (χ4n) is 2.33. The lowest BCUT2D eigenvalue weighted by Gasteiger charge is -2.37. The SMILES string of the molecule is O=C(CCc1ccccc1)NCC1(C(=O)O)CCC1. The van der Waals surface area contributed by atoms with Crippen LogP contribution in [0.1, 0.15) is 31.2 Å². The van der Waals surface area contributed by atoms with Crippen LogP contribution in [0.15, 0.2) is 30.3 Å². The summed E-state index contributed by atoms with van der Waals surface area (Å²) >= 11 is 0. The lowest BCUT2D eigenvalue weighted by atomic mass is 9.69. The van der Waals surface area contributed by atoms with Crippen LogP contribution < -0.4 is 5.32 Å². The molecule has 0 unspecified atom stereocenters. The van der Waals surface area contributed by atoms with Gasteiger partial charge in [0.25, 0.3) is 0 Å². The number of aliphatic carboxylic acids is 1. The van der Waals surface area contributed by atoms with E-state index in [1.165, 1.54) is 0 Å². The third-order valence-corrected chi connectivity index (χ3v) is 3.87. The van der Waals surface area contributed by atoms with Crippen LogP contribution >= 0.6 is 0 Å². The number of aryl methyl sites for hydroxylation is 1. The Balaban J connectivity index is 1.74. The summed E-state index contributed by atoms with van der Waals surface area (Å²) < 4.78 is 0. The van der Waals surface area contributed by atoms with Gasteiger partial charge in [0.1, 0.15) is 0 Å². The van der Waals surface area contributed by atoms with E-state index in [1.807, 2.05) is 30.3 Å². The van der Waals surface area contributed by atoms with Gasteiger partial charge in [0, 0.05) is 13.0 Å². The van der Waals surface area contributed by atoms with E-state index >= 15 is 0 Å². The second kappa shape index (κ2) is 5.87. The number of carbonyl (C=O) groups is 2. The number of amides is 1. The summed E-state index contributed by atoms with van der Waals surface area (Å²) in [5, 5.41) is 11.9. The van der Waals surface area contributed by atoms with Crippen molar-refractivity contribution in [1.82, 2.24) is 5.32 Å². The summed E-state index contributed by atoms with van der Waals surface area (Å²) in [6.45, 7) is 0.260. The molecule has 0 aliphatic heterocycles. The third kappa shape index (κ3) is 3.34. The first-order valence-electron chi connectivity index (χ1n) is 6.66. The minimum atomic E-state index is -0.790. The van der Waals surface area contributed by atoms with E-state index in [0.717, 1.165) is 12.0 Å². The lowest BCUT2D eigenvalue weighted by Crippen LogP contribution is -2.47. The average molecular weight is 261 g/mol. The largest absolute Gasteiger partial charge is 0.481 e. The van der Waals surface area contributed by atoms with Crippen molar-refractivity contribution in [3.63, 3.8) is 0 Å². The second-order valence-corrected chi connectivity index (χ2v) is 5.20. The van der Waals surface area contributed by atoms with Crippen molar-refractivity contribution in [2.45, 2.75) is 32.1 Å². The van der Waals surface area contributed by atoms with Crippen LogP contribution in [0.4, 0.5) is 0 Å². The molecule has 0 heterocycles. The van der Waals surface area contributed by atoms with Crippen LogP contribution in [0.3, 0.4) is 0 Å². The van der Waals surface area contributed by atoms with E-state index in [-0.39, 0.29) is 12.5 Å². The van der Waals surface area contributed by atoms with Gasteiger partial charge in [-0.15, -0.1) is 0 Å². The van der Waals surface area contributed by atoms with E-state index in [9.17, 15) is 9.59 Å². The average Bonchev–Trinajstić information content (AvgIpc) is 2.36. The zero-order valence-electron chi connectivity index (χ0n) is 10.9. The fraction of sp³-hybridized carbons (Fsp3) is 0.467. The third-order valence-electron chi connectivity index (χ3n) is 3.87. The standard InChI is InChI=1S/C15H19NO3/c17-13(8-7-12-5-2-1-3-6-12)16-11-15(14(18)19)9-4-10-15/h1-3,5-6H,4,7-11H2,(H,16,17)(H,18,19). The Labute approximate surface area is 112 Å². The van der Waals surface area contributed by atoms with Gasteiger partial charge in [-0.2, -0.15) is 0 Å². The van der Waals surface area contributed by atoms with Gasteiger partial charge in [-0.1, -0.05) is 36.8 Å². The van der Waals surface area contributed by atoms with Gasteiger partial charge in [0.05, 0.1) is 5.41 Å². The van der Waals surface area contributed by atoms with Gasteiger partial charge in [0.2, 0.25) is 5.91 Å². The van der Waals surface area contributed by atoms with Crippen LogP contribution in [0.2, 0.25) is 0 Å². The maximum absolute atomic E-state index is 11.7. The van der Waals surface area contributed by atoms with Gasteiger partial charge < -0.3 is 10.4 Å². The molecule has 0 aromatic heterocycles. The molecule has 2 N–H and O–H groups in total. The van der Waals surface area contributed by atoms with Crippen molar-refractivity contribution < 1.29 is 14.7 Å². The minimum Gasteiger partial charge on any atom is -0.481 e. The molecule has 102 valence electrons. The molecule has 4 heteroatoms. The van der Waals surface area contributed by atoms with Crippen molar-refractivity contribution in [3.8, 4) is 0 Å². The Morgan fingerprint density at radius 2 is 1.89 bits per heavy atom. The fourth-order valence-corrected chi connectivity index (χ4v) is 2.33. The lowest BCUT2D eigenvalue weighted by molar-refractivity contribution is -0.154. The van der Waals surface area contributed by atoms with Gasteiger partial charge in [-0.25, -0.2) is 0 Å². The number of benzene rings is 1. The Morgan fingerprint density at radius 1 is 1.21 bits per heavy atom. The van der Waals surface area contributed by atoms with E-state index in [2.05, 4.69) is 5.32 Å². The van der Waals surface area contributed by atoms with E-state index in [4.69, 9.17) is 5.11 Å². The predicted octanol–water partition coefficient (Wildman–Crippen LogP) is 1.99. The molecular formula is C15H19NO3. The van der Waals surface area contributed by atoms with Crippen molar-refractivity contribution in [3.05, 3.63) is 35.9 Å². The Kier molecular flexibility index (Phi) is 4.20. The molecule has 4 nitrogen and oxygen atoms in total. The number of carbonyl (C=O) groups excluding carboxylic acids is 1. The highest BCUT2D eigenvalue weighted by Gasteiger charge is 2.44. The summed E-state index contributed by atoms with van der Waals surface area (Å²) in [4.78, 5) is 22.9. The number of carboxylic acid groups (broad SMARTS) is 1. The topological polar surface area (TPSA) is 66.4 Å². The van der Waals surface area contributed by atoms with Gasteiger partial charge in [0.15, 0.2) is 0 Å². The smallest absolute Gasteiger partial charge is 0.311 e. The molecule has 1 saturated carbocycles. The molecule has 1 aliphatic rings. The molecule has 0 radical (unpaired) electrons. The summed E-state index contributed by atoms with van der Waals surface area (Å²) in [6.07, 6.45) is 3.36. The van der Waals surface area contributed by atoms with Gasteiger partial charge in [-0.3, -0.25) is 9.59 Å². The highest BCUT2D eigenvalue weighted by Crippen LogP contribution is 2.40. The van der Waals surface area contributed by atoms with Crippen molar-refractivity contribution in [2.24, 2.45) is 5.41 Å². The number of rotatable bonds is 6. The van der Waals surface area contributed by atoms with Crippen LogP contribution in [0, 0.1) is 5.41 Å². The van der Waals surface area contributed by atoms with E-state index < -0.39 is 11.4 Å². The quantitative estimate of drug-likeness (QED) is 0.823. The zero-order chi connectivity index (χ0) is 13.7. The van der Waals surface area contributed by atoms with Gasteiger partial charge >= 0.3 is 5.97 Å². The van der Waals surface area contributed by atoms with Crippen molar-refractivity contribution >= 4 is 11.9 Å². The molecule has 0 atom stereocenters. The Bertz CT molecular complexity index is 452. The molecule has 1 amide bonds. The monoisotopic (exact) mass is 261 g/mol. The normalized spacial score (nSPS) is 16.4. The van der Waals surface area contributed by atoms with Crippen LogP contribution in [0.25, 0.3) is 0 Å². The van der Waals surface area contributed by atoms with Crippen molar-refractivity contribution in [2.75, 3.05) is 6.54 Å². The molecule has 1 aliphatic carbocycles. The summed E-state index contributed by atoms with van der Waals surface area (Å²) in [6, 6.07) is 9.80. The molecule has 19 heavy (non-hydrogen) atoms. The van der Waals surface area contributed by atoms with Gasteiger partial charge in [-0.05, 0) is 24.8 Å². The second-order valence-electron chi connectivity index (χ2n) is 5.20. The minimum absolute atomic E-state index is 0.0728. The maximum Gasteiger partial charge on any atom is 0.311 e. The molecule has 1 aromatic rings. The van der Waals surface area contributed by atoms with Crippen molar-refractivity contribution in [1.29, 1.82) is 0 Å². The maximum atomic E-state index is 11.7. The molecule has 0 bridgehead atoms.